The number of ether oxygens (including phenoxy) is 1. The molecule has 0 bridgehead atoms. The SMILES string of the molecule is CC(NCCOc1ccc(Br)cc1)C(=O)O. The van der Waals surface area contributed by atoms with E-state index in [0.29, 0.717) is 13.2 Å². The second-order valence-electron chi connectivity index (χ2n) is 3.32. The summed E-state index contributed by atoms with van der Waals surface area (Å²) in [7, 11) is 0. The highest BCUT2D eigenvalue weighted by Gasteiger charge is 2.08. The van der Waals surface area contributed by atoms with Gasteiger partial charge in [0.25, 0.3) is 0 Å². The summed E-state index contributed by atoms with van der Waals surface area (Å²) in [5.74, 6) is -0.0865. The lowest BCUT2D eigenvalue weighted by atomic mass is 10.3. The van der Waals surface area contributed by atoms with Crippen molar-refractivity contribution >= 4 is 21.9 Å². The maximum atomic E-state index is 10.5. The quantitative estimate of drug-likeness (QED) is 0.785. The summed E-state index contributed by atoms with van der Waals surface area (Å²) in [6.07, 6.45) is 0. The number of carbonyl (C=O) groups is 1. The second kappa shape index (κ2) is 6.50. The van der Waals surface area contributed by atoms with Crippen LogP contribution in [0.1, 0.15) is 6.92 Å². The van der Waals surface area contributed by atoms with Crippen LogP contribution in [0, 0.1) is 0 Å². The number of carboxylic acids is 1. The number of benzene rings is 1. The van der Waals surface area contributed by atoms with E-state index in [9.17, 15) is 4.79 Å². The maximum absolute atomic E-state index is 10.5. The molecule has 2 N–H and O–H groups in total. The number of aliphatic carboxylic acids is 1. The molecule has 1 unspecified atom stereocenters. The molecule has 0 aromatic heterocycles. The molecule has 1 aromatic carbocycles. The van der Waals surface area contributed by atoms with Gasteiger partial charge in [0.15, 0.2) is 0 Å². The summed E-state index contributed by atoms with van der Waals surface area (Å²) in [6, 6.07) is 6.94. The van der Waals surface area contributed by atoms with Crippen LogP contribution in [0.15, 0.2) is 28.7 Å². The second-order valence-corrected chi connectivity index (χ2v) is 4.23. The van der Waals surface area contributed by atoms with E-state index in [2.05, 4.69) is 21.2 Å². The molecule has 5 heteroatoms. The molecular formula is C11H14BrNO3. The third-order valence-corrected chi connectivity index (χ3v) is 2.53. The van der Waals surface area contributed by atoms with Gasteiger partial charge in [-0.3, -0.25) is 4.79 Å². The lowest BCUT2D eigenvalue weighted by molar-refractivity contribution is -0.139. The molecule has 1 rings (SSSR count). The third-order valence-electron chi connectivity index (χ3n) is 2.01. The monoisotopic (exact) mass is 287 g/mol. The molecule has 0 aliphatic heterocycles. The van der Waals surface area contributed by atoms with Gasteiger partial charge in [-0.05, 0) is 31.2 Å². The van der Waals surface area contributed by atoms with Gasteiger partial charge < -0.3 is 15.2 Å². The van der Waals surface area contributed by atoms with Crippen LogP contribution in [0.5, 0.6) is 5.75 Å². The van der Waals surface area contributed by atoms with Crippen LogP contribution in [0.4, 0.5) is 0 Å². The first-order chi connectivity index (χ1) is 7.59. The highest BCUT2D eigenvalue weighted by molar-refractivity contribution is 9.10. The number of halogens is 1. The molecule has 0 heterocycles. The van der Waals surface area contributed by atoms with Crippen LogP contribution >= 0.6 is 15.9 Å². The van der Waals surface area contributed by atoms with Gasteiger partial charge in [0, 0.05) is 11.0 Å². The minimum atomic E-state index is -0.858. The molecule has 16 heavy (non-hydrogen) atoms. The van der Waals surface area contributed by atoms with E-state index in [0.717, 1.165) is 10.2 Å². The van der Waals surface area contributed by atoms with Crippen molar-refractivity contribution in [3.05, 3.63) is 28.7 Å². The van der Waals surface area contributed by atoms with Crippen molar-refractivity contribution in [1.82, 2.24) is 5.32 Å². The zero-order chi connectivity index (χ0) is 12.0. The van der Waals surface area contributed by atoms with E-state index in [1.54, 1.807) is 6.92 Å². The first-order valence-corrected chi connectivity index (χ1v) is 5.73. The maximum Gasteiger partial charge on any atom is 0.320 e. The van der Waals surface area contributed by atoms with Gasteiger partial charge in [0.2, 0.25) is 0 Å². The van der Waals surface area contributed by atoms with E-state index < -0.39 is 12.0 Å². The predicted octanol–water partition coefficient (Wildman–Crippen LogP) is 1.89. The topological polar surface area (TPSA) is 58.6 Å². The zero-order valence-electron chi connectivity index (χ0n) is 8.94. The standard InChI is InChI=1S/C11H14BrNO3/c1-8(11(14)15)13-6-7-16-10-4-2-9(12)3-5-10/h2-5,8,13H,6-7H2,1H3,(H,14,15). The summed E-state index contributed by atoms with van der Waals surface area (Å²) in [5.41, 5.74) is 0. The van der Waals surface area contributed by atoms with Gasteiger partial charge >= 0.3 is 5.97 Å². The molecule has 1 atom stereocenters. The molecule has 0 radical (unpaired) electrons. The molecule has 0 saturated carbocycles. The Morgan fingerprint density at radius 1 is 1.50 bits per heavy atom. The predicted molar refractivity (Wildman–Crippen MR) is 64.7 cm³/mol. The van der Waals surface area contributed by atoms with Gasteiger partial charge in [-0.15, -0.1) is 0 Å². The van der Waals surface area contributed by atoms with Gasteiger partial charge in [-0.2, -0.15) is 0 Å². The van der Waals surface area contributed by atoms with Crippen molar-refractivity contribution in [3.63, 3.8) is 0 Å². The normalized spacial score (nSPS) is 12.1. The van der Waals surface area contributed by atoms with Gasteiger partial charge in [0.05, 0.1) is 0 Å². The summed E-state index contributed by atoms with van der Waals surface area (Å²) in [4.78, 5) is 10.5. The largest absolute Gasteiger partial charge is 0.492 e. The minimum Gasteiger partial charge on any atom is -0.492 e. The minimum absolute atomic E-state index is 0.444. The molecule has 0 aliphatic carbocycles. The average Bonchev–Trinajstić information content (AvgIpc) is 2.26. The number of hydrogen-bond acceptors (Lipinski definition) is 3. The first-order valence-electron chi connectivity index (χ1n) is 4.94. The molecule has 0 fully saturated rings. The Bertz CT molecular complexity index is 340. The van der Waals surface area contributed by atoms with Gasteiger partial charge in [-0.1, -0.05) is 15.9 Å². The molecule has 0 saturated heterocycles. The van der Waals surface area contributed by atoms with Crippen molar-refractivity contribution in [1.29, 1.82) is 0 Å². The Hall–Kier alpha value is -1.07. The summed E-state index contributed by atoms with van der Waals surface area (Å²) in [6.45, 7) is 2.55. The molecule has 1 aromatic rings. The Morgan fingerprint density at radius 2 is 2.12 bits per heavy atom. The van der Waals surface area contributed by atoms with Crippen LogP contribution in [0.3, 0.4) is 0 Å². The van der Waals surface area contributed by atoms with Crippen molar-refractivity contribution in [3.8, 4) is 5.75 Å². The van der Waals surface area contributed by atoms with Crippen molar-refractivity contribution in [2.24, 2.45) is 0 Å². The number of nitrogens with one attached hydrogen (secondary N) is 1. The van der Waals surface area contributed by atoms with E-state index in [1.807, 2.05) is 24.3 Å². The van der Waals surface area contributed by atoms with E-state index >= 15 is 0 Å². The van der Waals surface area contributed by atoms with E-state index in [1.165, 1.54) is 0 Å². The first kappa shape index (κ1) is 13.0. The Balaban J connectivity index is 2.21. The molecule has 4 nitrogen and oxygen atoms in total. The molecule has 0 spiro atoms. The number of carboxylic acid groups (broad SMARTS) is 1. The average molecular weight is 288 g/mol. The van der Waals surface area contributed by atoms with E-state index in [-0.39, 0.29) is 0 Å². The molecule has 0 aliphatic rings. The third kappa shape index (κ3) is 4.63. The van der Waals surface area contributed by atoms with Gasteiger partial charge in [-0.25, -0.2) is 0 Å². The van der Waals surface area contributed by atoms with Crippen LogP contribution in [-0.2, 0) is 4.79 Å². The highest BCUT2D eigenvalue weighted by atomic mass is 79.9. The number of rotatable bonds is 6. The summed E-state index contributed by atoms with van der Waals surface area (Å²) >= 11 is 3.33. The summed E-state index contributed by atoms with van der Waals surface area (Å²) < 4.78 is 6.41. The van der Waals surface area contributed by atoms with Crippen molar-refractivity contribution < 1.29 is 14.6 Å². The lowest BCUT2D eigenvalue weighted by Crippen LogP contribution is -2.36. The van der Waals surface area contributed by atoms with Crippen LogP contribution in [0.25, 0.3) is 0 Å². The van der Waals surface area contributed by atoms with Crippen LogP contribution in [0.2, 0.25) is 0 Å². The van der Waals surface area contributed by atoms with Gasteiger partial charge in [0.1, 0.15) is 18.4 Å². The zero-order valence-corrected chi connectivity index (χ0v) is 10.5. The fraction of sp³-hybridized carbons (Fsp3) is 0.364. The summed E-state index contributed by atoms with van der Waals surface area (Å²) in [5, 5.41) is 11.5. The number of hydrogen-bond donors (Lipinski definition) is 2. The fourth-order valence-electron chi connectivity index (χ4n) is 1.06. The van der Waals surface area contributed by atoms with Crippen LogP contribution in [-0.4, -0.2) is 30.3 Å². The molecule has 0 amide bonds. The Morgan fingerprint density at radius 3 is 2.69 bits per heavy atom. The smallest absolute Gasteiger partial charge is 0.320 e. The van der Waals surface area contributed by atoms with E-state index in [4.69, 9.17) is 9.84 Å². The Labute approximate surface area is 103 Å². The van der Waals surface area contributed by atoms with Crippen molar-refractivity contribution in [2.45, 2.75) is 13.0 Å². The fourth-order valence-corrected chi connectivity index (χ4v) is 1.33. The van der Waals surface area contributed by atoms with Crippen molar-refractivity contribution in [2.75, 3.05) is 13.2 Å². The highest BCUT2D eigenvalue weighted by Crippen LogP contribution is 2.15. The molecule has 88 valence electrons. The molecular weight excluding hydrogens is 274 g/mol. The Kier molecular flexibility index (Phi) is 5.28. The van der Waals surface area contributed by atoms with Crippen LogP contribution < -0.4 is 10.1 Å². The lowest BCUT2D eigenvalue weighted by Gasteiger charge is -2.10.